The van der Waals surface area contributed by atoms with Gasteiger partial charge in [-0.2, -0.15) is 0 Å². The van der Waals surface area contributed by atoms with Crippen molar-refractivity contribution in [2.45, 2.75) is 76.0 Å². The molecule has 3 aromatic heterocycles. The van der Waals surface area contributed by atoms with Gasteiger partial charge in [0, 0.05) is 32.6 Å². The first-order chi connectivity index (χ1) is 25.0. The summed E-state index contributed by atoms with van der Waals surface area (Å²) >= 11 is 2.67. The third kappa shape index (κ3) is 8.49. The summed E-state index contributed by atoms with van der Waals surface area (Å²) in [4.78, 5) is 44.1. The highest BCUT2D eigenvalue weighted by molar-refractivity contribution is 7.12. The number of aromatic amines is 1. The lowest BCUT2D eigenvalue weighted by Gasteiger charge is -2.35. The Kier molecular flexibility index (Phi) is 11.9. The number of esters is 1. The Morgan fingerprint density at radius 2 is 1.77 bits per heavy atom. The highest BCUT2D eigenvalue weighted by atomic mass is 32.1. The number of aliphatic hydroxyl groups is 2. The molecule has 3 heterocycles. The lowest BCUT2D eigenvalue weighted by molar-refractivity contribution is -0.169. The number of phenols is 1. The number of fused-ring (bicyclic) bond motifs is 1. The monoisotopic (exact) mass is 747 g/mol. The van der Waals surface area contributed by atoms with Gasteiger partial charge in [-0.05, 0) is 104 Å². The number of rotatable bonds is 15. The molecule has 52 heavy (non-hydrogen) atoms. The van der Waals surface area contributed by atoms with Crippen LogP contribution < -0.4 is 16.3 Å². The summed E-state index contributed by atoms with van der Waals surface area (Å²) in [7, 11) is 2.10. The summed E-state index contributed by atoms with van der Waals surface area (Å²) in [5.41, 5.74) is 1.37. The number of aromatic nitrogens is 2. The number of benzene rings is 2. The average Bonchev–Trinajstić information content (AvgIpc) is 3.92. The Morgan fingerprint density at radius 1 is 1.06 bits per heavy atom. The number of hydrogen-bond acceptors (Lipinski definition) is 11. The van der Waals surface area contributed by atoms with Crippen LogP contribution in [-0.4, -0.2) is 73.9 Å². The van der Waals surface area contributed by atoms with Crippen LogP contribution in [0, 0.1) is 0 Å². The van der Waals surface area contributed by atoms with Crippen molar-refractivity contribution in [3.05, 3.63) is 103 Å². The largest absolute Gasteiger partial charge is 0.506 e. The van der Waals surface area contributed by atoms with Gasteiger partial charge in [0.15, 0.2) is 0 Å². The molecule has 14 heteroatoms. The molecule has 1 amide bonds. The van der Waals surface area contributed by atoms with E-state index in [2.05, 4.69) is 27.6 Å². The number of aliphatic hydroxyl groups excluding tert-OH is 1. The first kappa shape index (κ1) is 37.4. The Hall–Kier alpha value is -4.31. The van der Waals surface area contributed by atoms with Crippen LogP contribution in [0.25, 0.3) is 11.0 Å². The van der Waals surface area contributed by atoms with Gasteiger partial charge in [0.05, 0.1) is 32.6 Å². The number of H-pyrrole nitrogens is 1. The number of phenolic OH excluding ortho intramolecular Hbond substituents is 1. The predicted octanol–water partition coefficient (Wildman–Crippen LogP) is 5.05. The highest BCUT2D eigenvalue weighted by Gasteiger charge is 2.45. The second-order valence-corrected chi connectivity index (χ2v) is 15.3. The molecule has 0 spiro atoms. The van der Waals surface area contributed by atoms with Gasteiger partial charge in [0.1, 0.15) is 11.9 Å². The van der Waals surface area contributed by atoms with Crippen LogP contribution in [0.5, 0.6) is 5.75 Å². The van der Waals surface area contributed by atoms with E-state index in [4.69, 9.17) is 4.74 Å². The predicted molar refractivity (Wildman–Crippen MR) is 203 cm³/mol. The van der Waals surface area contributed by atoms with E-state index in [9.17, 15) is 29.7 Å². The van der Waals surface area contributed by atoms with Crippen molar-refractivity contribution >= 4 is 51.3 Å². The average molecular weight is 748 g/mol. The van der Waals surface area contributed by atoms with Crippen LogP contribution in [0.2, 0.25) is 0 Å². The standard InChI is InChI=1S/C38H45N5O7S2/c1-24(44)40-30-21-26(9-15-32(30)45)33(46)23-39-22-25-8-14-31-29(20-25)41-37(48)43(31)17-5-16-42(2)27-10-12-28(13-11-27)50-36(47)38(49,34-6-3-18-51-34)35-7-4-19-52-35/h3-4,6-9,14-15,18-21,27-28,33,39,45-46,49H,5,10-13,16-17,22-23H2,1-2H3,(H,40,44)(H,41,48)/t27?,28?,33-/m1/s1. The van der Waals surface area contributed by atoms with E-state index in [0.717, 1.165) is 55.2 Å². The Bertz CT molecular complexity index is 1980. The number of anilines is 1. The van der Waals surface area contributed by atoms with Crippen LogP contribution in [0.1, 0.15) is 66.0 Å². The van der Waals surface area contributed by atoms with Crippen molar-refractivity contribution in [2.75, 3.05) is 25.5 Å². The number of aryl methyl sites for hydroxylation is 1. The molecule has 0 unspecified atom stereocenters. The SMILES string of the molecule is CC(=O)Nc1cc([C@H](O)CNCc2ccc3c(c2)[nH]c(=O)n3CCCN(C)C2CCC(OC(=O)C(O)(c3cccs3)c3cccs3)CC2)ccc1O. The Balaban J connectivity index is 0.957. The van der Waals surface area contributed by atoms with Gasteiger partial charge >= 0.3 is 11.7 Å². The molecule has 0 radical (unpaired) electrons. The van der Waals surface area contributed by atoms with Crippen LogP contribution in [0.4, 0.5) is 5.69 Å². The summed E-state index contributed by atoms with van der Waals surface area (Å²) < 4.78 is 7.69. The molecule has 6 rings (SSSR count). The minimum atomic E-state index is -1.80. The van der Waals surface area contributed by atoms with Crippen LogP contribution in [-0.2, 0) is 33.0 Å². The summed E-state index contributed by atoms with van der Waals surface area (Å²) in [6, 6.07) is 17.9. The number of thiophene rings is 2. The first-order valence-corrected chi connectivity index (χ1v) is 19.2. The maximum atomic E-state index is 13.4. The van der Waals surface area contributed by atoms with Crippen LogP contribution in [0.3, 0.4) is 0 Å². The summed E-state index contributed by atoms with van der Waals surface area (Å²) in [6.45, 7) is 3.43. The number of imidazole rings is 1. The van der Waals surface area contributed by atoms with Crippen LogP contribution in [0.15, 0.2) is 76.2 Å². The summed E-state index contributed by atoms with van der Waals surface area (Å²) in [5.74, 6) is -1.01. The minimum Gasteiger partial charge on any atom is -0.506 e. The number of ether oxygens (including phenoxy) is 1. The van der Waals surface area contributed by atoms with Gasteiger partial charge in [-0.25, -0.2) is 9.59 Å². The smallest absolute Gasteiger partial charge is 0.349 e. The zero-order valence-electron chi connectivity index (χ0n) is 29.2. The van der Waals surface area contributed by atoms with Gasteiger partial charge in [0.2, 0.25) is 11.5 Å². The van der Waals surface area contributed by atoms with E-state index in [1.807, 2.05) is 41.1 Å². The number of carbonyl (C=O) groups is 2. The van der Waals surface area contributed by atoms with E-state index in [1.54, 1.807) is 28.8 Å². The minimum absolute atomic E-state index is 0.0735. The van der Waals surface area contributed by atoms with E-state index >= 15 is 0 Å². The third-order valence-corrected chi connectivity index (χ3v) is 11.7. The first-order valence-electron chi connectivity index (χ1n) is 17.4. The molecule has 12 nitrogen and oxygen atoms in total. The highest BCUT2D eigenvalue weighted by Crippen LogP contribution is 2.38. The van der Waals surface area contributed by atoms with Crippen molar-refractivity contribution < 1.29 is 29.6 Å². The van der Waals surface area contributed by atoms with Crippen LogP contribution >= 0.6 is 22.7 Å². The summed E-state index contributed by atoms with van der Waals surface area (Å²) in [5, 5.41) is 41.6. The molecule has 1 aliphatic rings. The van der Waals surface area contributed by atoms with Crippen molar-refractivity contribution in [1.29, 1.82) is 0 Å². The lowest BCUT2D eigenvalue weighted by Crippen LogP contribution is -2.42. The van der Waals surface area contributed by atoms with E-state index in [1.165, 1.54) is 35.7 Å². The molecular formula is C38H45N5O7S2. The lowest BCUT2D eigenvalue weighted by atomic mass is 9.91. The fourth-order valence-electron chi connectivity index (χ4n) is 6.86. The molecule has 6 N–H and O–H groups in total. The maximum Gasteiger partial charge on any atom is 0.349 e. The van der Waals surface area contributed by atoms with Crippen molar-refractivity contribution in [1.82, 2.24) is 19.8 Å². The quantitative estimate of drug-likeness (QED) is 0.0634. The maximum absolute atomic E-state index is 13.4. The van der Waals surface area contributed by atoms with Gasteiger partial charge in [-0.3, -0.25) is 9.36 Å². The Labute approximate surface area is 309 Å². The fourth-order valence-corrected chi connectivity index (χ4v) is 8.57. The molecule has 0 aliphatic heterocycles. The number of hydrogen-bond donors (Lipinski definition) is 6. The molecule has 5 aromatic rings. The molecular weight excluding hydrogens is 703 g/mol. The molecule has 1 aliphatic carbocycles. The number of nitrogens with one attached hydrogen (secondary N) is 3. The molecule has 1 fully saturated rings. The molecule has 0 bridgehead atoms. The number of amides is 1. The molecule has 1 saturated carbocycles. The van der Waals surface area contributed by atoms with Gasteiger partial charge in [-0.15, -0.1) is 22.7 Å². The topological polar surface area (TPSA) is 169 Å². The molecule has 1 atom stereocenters. The van der Waals surface area contributed by atoms with Gasteiger partial charge < -0.3 is 40.6 Å². The molecule has 0 saturated heterocycles. The molecule has 276 valence electrons. The zero-order valence-corrected chi connectivity index (χ0v) is 30.8. The molecule has 2 aromatic carbocycles. The zero-order chi connectivity index (χ0) is 36.8. The number of nitrogens with zero attached hydrogens (tertiary/aromatic N) is 2. The third-order valence-electron chi connectivity index (χ3n) is 9.71. The van der Waals surface area contributed by atoms with E-state index in [-0.39, 0.29) is 35.7 Å². The number of aromatic hydroxyl groups is 1. The van der Waals surface area contributed by atoms with Gasteiger partial charge in [-0.1, -0.05) is 24.3 Å². The van der Waals surface area contributed by atoms with Gasteiger partial charge in [0.25, 0.3) is 0 Å². The fraction of sp³-hybridized carbons (Fsp3) is 0.395. The van der Waals surface area contributed by atoms with Crippen molar-refractivity contribution in [3.8, 4) is 5.75 Å². The second kappa shape index (κ2) is 16.6. The van der Waals surface area contributed by atoms with E-state index < -0.39 is 17.7 Å². The second-order valence-electron chi connectivity index (χ2n) is 13.4. The summed E-state index contributed by atoms with van der Waals surface area (Å²) in [6.07, 6.45) is 2.87. The number of carbonyl (C=O) groups excluding carboxylic acids is 2. The normalized spacial score (nSPS) is 17.0. The van der Waals surface area contributed by atoms with Crippen molar-refractivity contribution in [2.24, 2.45) is 0 Å². The van der Waals surface area contributed by atoms with E-state index in [0.29, 0.717) is 34.4 Å². The Morgan fingerprint density at radius 3 is 2.42 bits per heavy atom. The van der Waals surface area contributed by atoms with Crippen molar-refractivity contribution in [3.63, 3.8) is 0 Å².